The molecule has 1 aliphatic carbocycles. The number of hydrogen-bond donors (Lipinski definition) is 2. The van der Waals surface area contributed by atoms with Crippen molar-refractivity contribution in [3.8, 4) is 0 Å². The van der Waals surface area contributed by atoms with Crippen LogP contribution in [-0.2, 0) is 10.0 Å². The van der Waals surface area contributed by atoms with Crippen LogP contribution in [0.5, 0.6) is 0 Å². The Morgan fingerprint density at radius 2 is 2.06 bits per heavy atom. The van der Waals surface area contributed by atoms with E-state index in [1.165, 1.54) is 0 Å². The molecule has 0 radical (unpaired) electrons. The number of nitrogens with zero attached hydrogens (tertiary/aromatic N) is 1. The van der Waals surface area contributed by atoms with Crippen molar-refractivity contribution < 1.29 is 8.42 Å². The average Bonchev–Trinajstić information content (AvgIpc) is 2.81. The van der Waals surface area contributed by atoms with Gasteiger partial charge in [-0.1, -0.05) is 12.8 Å². The van der Waals surface area contributed by atoms with E-state index in [9.17, 15) is 8.42 Å². The van der Waals surface area contributed by atoms with Crippen LogP contribution in [0.1, 0.15) is 25.7 Å². The van der Waals surface area contributed by atoms with Crippen LogP contribution in [0.3, 0.4) is 0 Å². The van der Waals surface area contributed by atoms with Gasteiger partial charge in [-0.15, -0.1) is 0 Å². The van der Waals surface area contributed by atoms with Gasteiger partial charge in [0, 0.05) is 19.3 Å². The molecule has 1 saturated carbocycles. The number of rotatable bonds is 4. The lowest BCUT2D eigenvalue weighted by atomic mass is 10.3. The second kappa shape index (κ2) is 5.01. The first-order chi connectivity index (χ1) is 8.13. The van der Waals surface area contributed by atoms with Crippen LogP contribution < -0.4 is 10.0 Å². The molecular weight excluding hydrogens is 238 g/mol. The summed E-state index contributed by atoms with van der Waals surface area (Å²) in [5.74, 6) is 0.387. The first-order valence-electron chi connectivity index (χ1n) is 5.78. The first kappa shape index (κ1) is 12.3. The highest BCUT2D eigenvalue weighted by Crippen LogP contribution is 2.22. The molecule has 0 bridgehead atoms. The topological polar surface area (TPSA) is 71.1 Å². The van der Waals surface area contributed by atoms with Gasteiger partial charge in [-0.05, 0) is 25.0 Å². The summed E-state index contributed by atoms with van der Waals surface area (Å²) >= 11 is 0. The van der Waals surface area contributed by atoms with Crippen molar-refractivity contribution >= 4 is 15.8 Å². The molecule has 2 N–H and O–H groups in total. The molecule has 94 valence electrons. The lowest BCUT2D eigenvalue weighted by molar-refractivity contribution is 0.552. The van der Waals surface area contributed by atoms with Gasteiger partial charge in [-0.3, -0.25) is 0 Å². The minimum absolute atomic E-state index is 0.0740. The minimum Gasteiger partial charge on any atom is -0.372 e. The Bertz CT molecular complexity index is 481. The fourth-order valence-corrected chi connectivity index (χ4v) is 3.59. The predicted molar refractivity (Wildman–Crippen MR) is 66.4 cm³/mol. The predicted octanol–water partition coefficient (Wildman–Crippen LogP) is 1.34. The first-order valence-corrected chi connectivity index (χ1v) is 7.27. The average molecular weight is 255 g/mol. The van der Waals surface area contributed by atoms with Crippen molar-refractivity contribution in [2.45, 2.75) is 36.6 Å². The third-order valence-corrected chi connectivity index (χ3v) is 4.53. The number of aromatic nitrogens is 1. The summed E-state index contributed by atoms with van der Waals surface area (Å²) in [5, 5.41) is 2.80. The Balaban J connectivity index is 2.24. The number of pyridine rings is 1. The van der Waals surface area contributed by atoms with Crippen LogP contribution in [0.4, 0.5) is 5.82 Å². The number of anilines is 1. The molecule has 2 rings (SSSR count). The van der Waals surface area contributed by atoms with E-state index in [1.807, 2.05) is 0 Å². The van der Waals surface area contributed by atoms with E-state index in [-0.39, 0.29) is 10.9 Å². The minimum atomic E-state index is -3.46. The van der Waals surface area contributed by atoms with Crippen molar-refractivity contribution in [1.29, 1.82) is 0 Å². The van der Waals surface area contributed by atoms with Crippen LogP contribution >= 0.6 is 0 Å². The van der Waals surface area contributed by atoms with E-state index in [0.29, 0.717) is 5.82 Å². The molecule has 0 aliphatic heterocycles. The van der Waals surface area contributed by atoms with Crippen LogP contribution in [0.2, 0.25) is 0 Å². The number of sulfonamides is 1. The molecule has 0 spiro atoms. The van der Waals surface area contributed by atoms with Gasteiger partial charge in [0.15, 0.2) is 0 Å². The largest absolute Gasteiger partial charge is 0.372 e. The quantitative estimate of drug-likeness (QED) is 0.852. The lowest BCUT2D eigenvalue weighted by Gasteiger charge is -2.14. The van der Waals surface area contributed by atoms with Crippen molar-refractivity contribution in [2.24, 2.45) is 0 Å². The molecule has 1 aliphatic rings. The molecule has 0 aromatic carbocycles. The summed E-state index contributed by atoms with van der Waals surface area (Å²) in [6.07, 6.45) is 5.61. The SMILES string of the molecule is CNc1ncccc1S(=O)(=O)NC1CCCC1. The van der Waals surface area contributed by atoms with Gasteiger partial charge >= 0.3 is 0 Å². The van der Waals surface area contributed by atoms with Gasteiger partial charge < -0.3 is 5.32 Å². The van der Waals surface area contributed by atoms with E-state index >= 15 is 0 Å². The molecule has 1 fully saturated rings. The maximum Gasteiger partial charge on any atom is 0.244 e. The van der Waals surface area contributed by atoms with E-state index < -0.39 is 10.0 Å². The summed E-state index contributed by atoms with van der Waals surface area (Å²) < 4.78 is 27.1. The van der Waals surface area contributed by atoms with E-state index in [2.05, 4.69) is 15.0 Å². The van der Waals surface area contributed by atoms with Crippen molar-refractivity contribution in [3.05, 3.63) is 18.3 Å². The van der Waals surface area contributed by atoms with Gasteiger partial charge in [0.1, 0.15) is 10.7 Å². The molecular formula is C11H17N3O2S. The summed E-state index contributed by atoms with van der Waals surface area (Å²) in [4.78, 5) is 4.22. The Labute approximate surface area is 102 Å². The molecule has 0 unspecified atom stereocenters. The molecule has 0 atom stereocenters. The zero-order chi connectivity index (χ0) is 12.3. The second-order valence-electron chi connectivity index (χ2n) is 4.20. The third-order valence-electron chi connectivity index (χ3n) is 2.97. The summed E-state index contributed by atoms with van der Waals surface area (Å²) in [6, 6.07) is 3.27. The zero-order valence-corrected chi connectivity index (χ0v) is 10.6. The standard InChI is InChI=1S/C11H17N3O2S/c1-12-11-10(7-4-8-13-11)17(15,16)14-9-5-2-3-6-9/h4,7-9,14H,2-3,5-6H2,1H3,(H,12,13). The van der Waals surface area contributed by atoms with E-state index in [1.54, 1.807) is 25.4 Å². The maximum atomic E-state index is 12.2. The highest BCUT2D eigenvalue weighted by molar-refractivity contribution is 7.89. The molecule has 0 saturated heterocycles. The van der Waals surface area contributed by atoms with Gasteiger partial charge in [-0.25, -0.2) is 18.1 Å². The fourth-order valence-electron chi connectivity index (χ4n) is 2.12. The maximum absolute atomic E-state index is 12.2. The molecule has 0 amide bonds. The van der Waals surface area contributed by atoms with E-state index in [4.69, 9.17) is 0 Å². The summed E-state index contributed by atoms with van der Waals surface area (Å²) in [7, 11) is -1.80. The number of hydrogen-bond acceptors (Lipinski definition) is 4. The lowest BCUT2D eigenvalue weighted by Crippen LogP contribution is -2.33. The Morgan fingerprint density at radius 3 is 2.71 bits per heavy atom. The highest BCUT2D eigenvalue weighted by atomic mass is 32.2. The van der Waals surface area contributed by atoms with Crippen LogP contribution in [0.15, 0.2) is 23.2 Å². The molecule has 5 nitrogen and oxygen atoms in total. The molecule has 1 heterocycles. The van der Waals surface area contributed by atoms with Crippen molar-refractivity contribution in [2.75, 3.05) is 12.4 Å². The monoisotopic (exact) mass is 255 g/mol. The smallest absolute Gasteiger partial charge is 0.244 e. The normalized spacial score (nSPS) is 17.2. The third kappa shape index (κ3) is 2.76. The summed E-state index contributed by atoms with van der Waals surface area (Å²) in [6.45, 7) is 0. The van der Waals surface area contributed by atoms with Crippen LogP contribution in [-0.4, -0.2) is 26.5 Å². The van der Waals surface area contributed by atoms with Gasteiger partial charge in [-0.2, -0.15) is 0 Å². The van der Waals surface area contributed by atoms with Gasteiger partial charge in [0.25, 0.3) is 0 Å². The van der Waals surface area contributed by atoms with Gasteiger partial charge in [0.2, 0.25) is 10.0 Å². The van der Waals surface area contributed by atoms with Crippen LogP contribution in [0.25, 0.3) is 0 Å². The van der Waals surface area contributed by atoms with E-state index in [0.717, 1.165) is 25.7 Å². The highest BCUT2D eigenvalue weighted by Gasteiger charge is 2.24. The van der Waals surface area contributed by atoms with Gasteiger partial charge in [0.05, 0.1) is 0 Å². The molecule has 17 heavy (non-hydrogen) atoms. The van der Waals surface area contributed by atoms with Crippen LogP contribution in [0, 0.1) is 0 Å². The Kier molecular flexibility index (Phi) is 3.63. The molecule has 6 heteroatoms. The Morgan fingerprint density at radius 1 is 1.35 bits per heavy atom. The summed E-state index contributed by atoms with van der Waals surface area (Å²) in [5.41, 5.74) is 0. The molecule has 1 aromatic heterocycles. The zero-order valence-electron chi connectivity index (χ0n) is 9.81. The van der Waals surface area contributed by atoms with Crippen molar-refractivity contribution in [1.82, 2.24) is 9.71 Å². The fraction of sp³-hybridized carbons (Fsp3) is 0.545. The number of nitrogens with one attached hydrogen (secondary N) is 2. The Hall–Kier alpha value is -1.14. The van der Waals surface area contributed by atoms with Crippen molar-refractivity contribution in [3.63, 3.8) is 0 Å². The second-order valence-corrected chi connectivity index (χ2v) is 5.89. The molecule has 1 aromatic rings.